The summed E-state index contributed by atoms with van der Waals surface area (Å²) < 4.78 is 27.4. The van der Waals surface area contributed by atoms with Gasteiger partial charge in [0.2, 0.25) is 33.5 Å². The van der Waals surface area contributed by atoms with Crippen molar-refractivity contribution in [1.82, 2.24) is 25.2 Å². The maximum absolute atomic E-state index is 14.0. The molecule has 1 aromatic carbocycles. The van der Waals surface area contributed by atoms with Crippen LogP contribution in [-0.4, -0.2) is 79.3 Å². The first-order valence-electron chi connectivity index (χ1n) is 14.5. The lowest BCUT2D eigenvalue weighted by molar-refractivity contribution is -0.146. The van der Waals surface area contributed by atoms with Gasteiger partial charge in [0.25, 0.3) is 0 Å². The Balaban J connectivity index is 1.63. The minimum atomic E-state index is -3.69. The molecular formula is C29H41N5O6S2. The number of ketones is 1. The number of thiazole rings is 1. The Kier molecular flexibility index (Phi) is 10.0. The van der Waals surface area contributed by atoms with Gasteiger partial charge in [0.05, 0.1) is 22.5 Å². The molecule has 0 spiro atoms. The van der Waals surface area contributed by atoms with Crippen LogP contribution in [0.3, 0.4) is 0 Å². The van der Waals surface area contributed by atoms with Crippen LogP contribution in [0.1, 0.15) is 63.2 Å². The van der Waals surface area contributed by atoms with Crippen LogP contribution in [0.2, 0.25) is 0 Å². The Bertz CT molecular complexity index is 1410. The van der Waals surface area contributed by atoms with Crippen molar-refractivity contribution in [2.24, 2.45) is 23.7 Å². The maximum Gasteiger partial charge on any atom is 0.243 e. The van der Waals surface area contributed by atoms with E-state index in [9.17, 15) is 27.6 Å². The molecule has 4 rings (SSSR count). The number of rotatable bonds is 11. The number of carbonyl (C=O) groups excluding carboxylic acids is 4. The Hall–Kier alpha value is -2.90. The molecule has 0 bridgehead atoms. The number of benzene rings is 1. The van der Waals surface area contributed by atoms with Crippen LogP contribution in [0.5, 0.6) is 0 Å². The number of sulfonamides is 1. The van der Waals surface area contributed by atoms with E-state index in [0.29, 0.717) is 31.3 Å². The second kappa shape index (κ2) is 13.2. The van der Waals surface area contributed by atoms with Crippen LogP contribution >= 0.6 is 11.3 Å². The van der Waals surface area contributed by atoms with E-state index in [0.717, 1.165) is 11.0 Å². The highest BCUT2D eigenvalue weighted by molar-refractivity contribution is 7.88. The van der Waals surface area contributed by atoms with Gasteiger partial charge in [0.15, 0.2) is 5.01 Å². The number of likely N-dealkylation sites (tertiary alicyclic amines) is 1. The molecule has 3 amide bonds. The molecule has 3 N–H and O–H groups in total. The van der Waals surface area contributed by atoms with E-state index in [1.54, 1.807) is 13.8 Å². The van der Waals surface area contributed by atoms with Gasteiger partial charge in [-0.05, 0) is 55.6 Å². The van der Waals surface area contributed by atoms with E-state index in [1.807, 2.05) is 24.3 Å². The molecule has 2 aliphatic rings. The molecule has 3 heterocycles. The fraction of sp³-hybridized carbons (Fsp3) is 0.621. The lowest BCUT2D eigenvalue weighted by Crippen LogP contribution is -2.61. The third-order valence-corrected chi connectivity index (χ3v) is 10.00. The summed E-state index contributed by atoms with van der Waals surface area (Å²) in [5.41, 5.74) is 0.677. The minimum absolute atomic E-state index is 0.116. The lowest BCUT2D eigenvalue weighted by Gasteiger charge is -2.42. The number of aromatic nitrogens is 1. The first-order chi connectivity index (χ1) is 19.7. The molecule has 230 valence electrons. The molecule has 0 radical (unpaired) electrons. The molecule has 0 unspecified atom stereocenters. The number of Topliss-reactive ketones (excluding diaryl/α,β-unsaturated/α-hetero) is 1. The Labute approximate surface area is 251 Å². The van der Waals surface area contributed by atoms with Crippen molar-refractivity contribution in [2.45, 2.75) is 71.5 Å². The number of hydrogen-bond acceptors (Lipinski definition) is 8. The van der Waals surface area contributed by atoms with Gasteiger partial charge in [-0.15, -0.1) is 11.3 Å². The summed E-state index contributed by atoms with van der Waals surface area (Å²) in [6.07, 6.45) is 2.72. The molecule has 2 saturated heterocycles. The molecule has 0 aliphatic carbocycles. The van der Waals surface area contributed by atoms with Gasteiger partial charge in [-0.25, -0.2) is 18.1 Å². The van der Waals surface area contributed by atoms with Crippen LogP contribution < -0.4 is 15.4 Å². The maximum atomic E-state index is 14.0. The second-order valence-electron chi connectivity index (χ2n) is 12.1. The van der Waals surface area contributed by atoms with Crippen molar-refractivity contribution < 1.29 is 27.6 Å². The van der Waals surface area contributed by atoms with Crippen molar-refractivity contribution in [3.05, 3.63) is 29.3 Å². The van der Waals surface area contributed by atoms with Crippen molar-refractivity contribution >= 4 is 55.1 Å². The third kappa shape index (κ3) is 7.54. The highest BCUT2D eigenvalue weighted by atomic mass is 32.2. The lowest BCUT2D eigenvalue weighted by atomic mass is 9.82. The summed E-state index contributed by atoms with van der Waals surface area (Å²) in [5.74, 6) is -1.88. The van der Waals surface area contributed by atoms with Crippen molar-refractivity contribution in [1.29, 1.82) is 0 Å². The number of carbonyl (C=O) groups is 4. The van der Waals surface area contributed by atoms with E-state index in [2.05, 4.69) is 34.2 Å². The highest BCUT2D eigenvalue weighted by Gasteiger charge is 2.42. The number of para-hydroxylation sites is 1. The van der Waals surface area contributed by atoms with E-state index in [1.165, 1.54) is 16.2 Å². The monoisotopic (exact) mass is 619 g/mol. The molecule has 5 atom stereocenters. The highest BCUT2D eigenvalue weighted by Crippen LogP contribution is 2.31. The summed E-state index contributed by atoms with van der Waals surface area (Å²) in [4.78, 5) is 60.0. The third-order valence-electron chi connectivity index (χ3n) is 8.27. The van der Waals surface area contributed by atoms with Crippen LogP contribution in [0.25, 0.3) is 10.2 Å². The topological polar surface area (TPSA) is 155 Å². The summed E-state index contributed by atoms with van der Waals surface area (Å²) >= 11 is 1.24. The number of amides is 3. The summed E-state index contributed by atoms with van der Waals surface area (Å²) in [7, 11) is -3.69. The second-order valence-corrected chi connectivity index (χ2v) is 14.9. The number of piperidine rings is 1. The van der Waals surface area contributed by atoms with Gasteiger partial charge in [0.1, 0.15) is 12.1 Å². The van der Waals surface area contributed by atoms with Gasteiger partial charge in [0, 0.05) is 19.0 Å². The minimum Gasteiger partial charge on any atom is -0.356 e. The van der Waals surface area contributed by atoms with Crippen molar-refractivity contribution in [3.63, 3.8) is 0 Å². The van der Waals surface area contributed by atoms with E-state index in [-0.39, 0.29) is 47.4 Å². The van der Waals surface area contributed by atoms with E-state index >= 15 is 0 Å². The molecule has 11 nitrogen and oxygen atoms in total. The smallest absolute Gasteiger partial charge is 0.243 e. The molecule has 2 fully saturated rings. The summed E-state index contributed by atoms with van der Waals surface area (Å²) in [5, 5.41) is 5.94. The molecule has 2 aromatic rings. The zero-order valence-corrected chi connectivity index (χ0v) is 26.4. The standard InChI is InChI=1S/C29H41N5O6S2/c1-16(2)18-11-13-34(29(38)24(17(3)4)33-42(5,39)40)22(15-18)27(37)31-21(14-19-10-12-30-26(19)36)25(35)28-32-20-8-6-7-9-23(20)41-28/h6-9,16-19,21-22,24,33H,10-15H2,1-5H3,(H,30,36)(H,31,37)/t18-,19+,21+,22+,24+/m1/s1. The van der Waals surface area contributed by atoms with Crippen LogP contribution in [0, 0.1) is 23.7 Å². The van der Waals surface area contributed by atoms with Crippen molar-refractivity contribution in [2.75, 3.05) is 19.3 Å². The quantitative estimate of drug-likeness (QED) is 0.326. The van der Waals surface area contributed by atoms with Gasteiger partial charge in [-0.2, -0.15) is 0 Å². The van der Waals surface area contributed by atoms with Gasteiger partial charge in [-0.3, -0.25) is 19.2 Å². The molecule has 2 aliphatic heterocycles. The van der Waals surface area contributed by atoms with E-state index in [4.69, 9.17) is 0 Å². The Morgan fingerprint density at radius 3 is 2.45 bits per heavy atom. The average molecular weight is 620 g/mol. The van der Waals surface area contributed by atoms with Crippen molar-refractivity contribution in [3.8, 4) is 0 Å². The SMILES string of the molecule is CC(C)[C@@H]1CCN(C(=O)[C@@H](NS(C)(=O)=O)C(C)C)[C@H](C(=O)N[C@@H](C[C@@H]2CCNC2=O)C(=O)c2nc3ccccc3s2)C1. The first kappa shape index (κ1) is 32.0. The fourth-order valence-electron chi connectivity index (χ4n) is 5.77. The number of hydrogen-bond donors (Lipinski definition) is 3. The molecular weight excluding hydrogens is 578 g/mol. The predicted molar refractivity (Wildman–Crippen MR) is 161 cm³/mol. The number of nitrogens with one attached hydrogen (secondary N) is 3. The Morgan fingerprint density at radius 2 is 1.86 bits per heavy atom. The summed E-state index contributed by atoms with van der Waals surface area (Å²) in [6.45, 7) is 8.42. The van der Waals surface area contributed by atoms with Crippen LogP contribution in [0.4, 0.5) is 0 Å². The Morgan fingerprint density at radius 1 is 1.14 bits per heavy atom. The molecule has 42 heavy (non-hydrogen) atoms. The predicted octanol–water partition coefficient (Wildman–Crippen LogP) is 2.33. The van der Waals surface area contributed by atoms with E-state index < -0.39 is 45.9 Å². The molecule has 1 aromatic heterocycles. The fourth-order valence-corrected chi connectivity index (χ4v) is 7.57. The number of nitrogens with zero attached hydrogens (tertiary/aromatic N) is 2. The normalized spacial score (nSPS) is 22.8. The largest absolute Gasteiger partial charge is 0.356 e. The van der Waals surface area contributed by atoms with Gasteiger partial charge < -0.3 is 15.5 Å². The zero-order chi connectivity index (χ0) is 30.8. The summed E-state index contributed by atoms with van der Waals surface area (Å²) in [6, 6.07) is 4.43. The first-order valence-corrected chi connectivity index (χ1v) is 17.2. The number of fused-ring (bicyclic) bond motifs is 1. The van der Waals surface area contributed by atoms with Gasteiger partial charge >= 0.3 is 0 Å². The average Bonchev–Trinajstić information content (AvgIpc) is 3.55. The zero-order valence-electron chi connectivity index (χ0n) is 24.8. The van der Waals surface area contributed by atoms with Crippen LogP contribution in [-0.2, 0) is 24.4 Å². The molecule has 13 heteroatoms. The van der Waals surface area contributed by atoms with Crippen LogP contribution in [0.15, 0.2) is 24.3 Å². The molecule has 0 saturated carbocycles. The van der Waals surface area contributed by atoms with Gasteiger partial charge in [-0.1, -0.05) is 39.8 Å².